The Morgan fingerprint density at radius 3 is 2.69 bits per heavy atom. The van der Waals surface area contributed by atoms with Gasteiger partial charge in [-0.05, 0) is 30.7 Å². The van der Waals surface area contributed by atoms with E-state index in [1.807, 2.05) is 12.1 Å². The number of terminal acetylenes is 1. The highest BCUT2D eigenvalue weighted by Gasteiger charge is 1.94. The molecule has 0 aromatic heterocycles. The number of rotatable bonds is 7. The zero-order valence-electron chi connectivity index (χ0n) is 9.83. The zero-order chi connectivity index (χ0) is 11.6. The molecule has 0 aliphatic rings. The van der Waals surface area contributed by atoms with Crippen molar-refractivity contribution in [2.24, 2.45) is 0 Å². The van der Waals surface area contributed by atoms with Crippen LogP contribution in [-0.2, 0) is 6.54 Å². The van der Waals surface area contributed by atoms with Crippen LogP contribution >= 0.6 is 0 Å². The van der Waals surface area contributed by atoms with Crippen LogP contribution in [0, 0.1) is 12.3 Å². The summed E-state index contributed by atoms with van der Waals surface area (Å²) < 4.78 is 5.30. The predicted octanol–water partition coefficient (Wildman–Crippen LogP) is 2.59. The van der Waals surface area contributed by atoms with Gasteiger partial charge < -0.3 is 10.1 Å². The smallest absolute Gasteiger partial charge is 0.148 e. The molecule has 0 spiro atoms. The second-order valence-electron chi connectivity index (χ2n) is 3.67. The molecule has 16 heavy (non-hydrogen) atoms. The molecule has 0 aliphatic carbocycles. The summed E-state index contributed by atoms with van der Waals surface area (Å²) in [5.74, 6) is 3.27. The minimum absolute atomic E-state index is 0.327. The van der Waals surface area contributed by atoms with Crippen molar-refractivity contribution in [3.8, 4) is 18.1 Å². The van der Waals surface area contributed by atoms with Crippen molar-refractivity contribution < 1.29 is 4.74 Å². The van der Waals surface area contributed by atoms with E-state index in [1.165, 1.54) is 18.4 Å². The van der Waals surface area contributed by atoms with Gasteiger partial charge in [-0.2, -0.15) is 0 Å². The van der Waals surface area contributed by atoms with E-state index in [2.05, 4.69) is 30.3 Å². The molecule has 2 nitrogen and oxygen atoms in total. The van der Waals surface area contributed by atoms with Crippen molar-refractivity contribution >= 4 is 0 Å². The van der Waals surface area contributed by atoms with Gasteiger partial charge in [0.15, 0.2) is 0 Å². The largest absolute Gasteiger partial charge is 0.481 e. The number of hydrogen-bond acceptors (Lipinski definition) is 2. The molecule has 0 amide bonds. The van der Waals surface area contributed by atoms with Gasteiger partial charge in [0, 0.05) is 6.54 Å². The Labute approximate surface area is 98.0 Å². The highest BCUT2D eigenvalue weighted by Crippen LogP contribution is 2.11. The van der Waals surface area contributed by atoms with Gasteiger partial charge in [0.1, 0.15) is 12.4 Å². The first-order valence-corrected chi connectivity index (χ1v) is 5.72. The number of hydrogen-bond donors (Lipinski definition) is 1. The van der Waals surface area contributed by atoms with Gasteiger partial charge in [-0.25, -0.2) is 0 Å². The van der Waals surface area contributed by atoms with Crippen LogP contribution in [0.3, 0.4) is 0 Å². The third-order valence-corrected chi connectivity index (χ3v) is 2.28. The Hall–Kier alpha value is -1.46. The Bertz CT molecular complexity index is 324. The molecule has 0 fully saturated rings. The van der Waals surface area contributed by atoms with Crippen molar-refractivity contribution in [1.82, 2.24) is 5.32 Å². The summed E-state index contributed by atoms with van der Waals surface area (Å²) in [6.07, 6.45) is 7.57. The van der Waals surface area contributed by atoms with Gasteiger partial charge in [0.25, 0.3) is 0 Å². The molecule has 0 saturated carbocycles. The summed E-state index contributed by atoms with van der Waals surface area (Å²) in [6, 6.07) is 8.03. The molecule has 0 bridgehead atoms. The number of ether oxygens (including phenoxy) is 1. The third-order valence-electron chi connectivity index (χ3n) is 2.28. The molecule has 0 atom stereocenters. The molecule has 1 aromatic carbocycles. The number of benzene rings is 1. The molecule has 0 aliphatic heterocycles. The average molecular weight is 217 g/mol. The van der Waals surface area contributed by atoms with E-state index in [0.717, 1.165) is 18.8 Å². The van der Waals surface area contributed by atoms with Crippen LogP contribution in [0.15, 0.2) is 24.3 Å². The van der Waals surface area contributed by atoms with Crippen molar-refractivity contribution in [3.05, 3.63) is 29.8 Å². The lowest BCUT2D eigenvalue weighted by Gasteiger charge is -2.06. The van der Waals surface area contributed by atoms with Gasteiger partial charge in [0.05, 0.1) is 0 Å². The van der Waals surface area contributed by atoms with Gasteiger partial charge >= 0.3 is 0 Å². The first-order chi connectivity index (χ1) is 7.86. The van der Waals surface area contributed by atoms with E-state index in [0.29, 0.717) is 6.61 Å². The predicted molar refractivity (Wildman–Crippen MR) is 67.4 cm³/mol. The topological polar surface area (TPSA) is 21.3 Å². The van der Waals surface area contributed by atoms with Crippen molar-refractivity contribution in [1.29, 1.82) is 0 Å². The lowest BCUT2D eigenvalue weighted by atomic mass is 10.2. The Balaban J connectivity index is 2.31. The van der Waals surface area contributed by atoms with Gasteiger partial charge in [-0.1, -0.05) is 31.4 Å². The van der Waals surface area contributed by atoms with Crippen LogP contribution in [0.4, 0.5) is 0 Å². The summed E-state index contributed by atoms with van der Waals surface area (Å²) in [4.78, 5) is 0. The van der Waals surface area contributed by atoms with E-state index >= 15 is 0 Å². The normalized spacial score (nSPS) is 9.75. The zero-order valence-corrected chi connectivity index (χ0v) is 9.83. The number of nitrogens with one attached hydrogen (secondary N) is 1. The summed E-state index contributed by atoms with van der Waals surface area (Å²) in [5.41, 5.74) is 1.27. The monoisotopic (exact) mass is 217 g/mol. The van der Waals surface area contributed by atoms with Gasteiger partial charge in [-0.3, -0.25) is 0 Å². The van der Waals surface area contributed by atoms with E-state index in [4.69, 9.17) is 11.2 Å². The fraction of sp³-hybridized carbons (Fsp3) is 0.429. The maximum Gasteiger partial charge on any atom is 0.148 e. The molecule has 86 valence electrons. The molecule has 0 heterocycles. The molecule has 1 N–H and O–H groups in total. The minimum atomic E-state index is 0.327. The fourth-order valence-corrected chi connectivity index (χ4v) is 1.36. The summed E-state index contributed by atoms with van der Waals surface area (Å²) in [7, 11) is 0. The first-order valence-electron chi connectivity index (χ1n) is 5.72. The van der Waals surface area contributed by atoms with E-state index < -0.39 is 0 Å². The molecule has 2 heteroatoms. The summed E-state index contributed by atoms with van der Waals surface area (Å²) in [5, 5.41) is 3.39. The highest BCUT2D eigenvalue weighted by atomic mass is 16.5. The molecule has 1 aromatic rings. The molecular formula is C14H19NO. The first kappa shape index (κ1) is 12.6. The van der Waals surface area contributed by atoms with Crippen LogP contribution in [0.1, 0.15) is 25.3 Å². The second-order valence-corrected chi connectivity index (χ2v) is 3.67. The van der Waals surface area contributed by atoms with Crippen molar-refractivity contribution in [2.45, 2.75) is 26.3 Å². The SMILES string of the molecule is C#CCOc1ccc(CNCCCC)cc1. The van der Waals surface area contributed by atoms with Crippen LogP contribution in [0.5, 0.6) is 5.75 Å². The summed E-state index contributed by atoms with van der Waals surface area (Å²) in [6.45, 7) is 4.51. The van der Waals surface area contributed by atoms with E-state index in [9.17, 15) is 0 Å². The second kappa shape index (κ2) is 7.78. The maximum atomic E-state index is 5.30. The van der Waals surface area contributed by atoms with Crippen molar-refractivity contribution in [3.63, 3.8) is 0 Å². The highest BCUT2D eigenvalue weighted by molar-refractivity contribution is 5.27. The lowest BCUT2D eigenvalue weighted by molar-refractivity contribution is 0.370. The van der Waals surface area contributed by atoms with Gasteiger partial charge in [-0.15, -0.1) is 6.42 Å². The van der Waals surface area contributed by atoms with E-state index in [-0.39, 0.29) is 0 Å². The molecule has 0 saturated heterocycles. The van der Waals surface area contributed by atoms with Crippen LogP contribution < -0.4 is 10.1 Å². The maximum absolute atomic E-state index is 5.30. The van der Waals surface area contributed by atoms with Crippen LogP contribution in [-0.4, -0.2) is 13.2 Å². The third kappa shape index (κ3) is 4.86. The Kier molecular flexibility index (Phi) is 6.13. The molecule has 1 rings (SSSR count). The lowest BCUT2D eigenvalue weighted by Crippen LogP contribution is -2.14. The molecule has 0 unspecified atom stereocenters. The quantitative estimate of drug-likeness (QED) is 0.560. The summed E-state index contributed by atoms with van der Waals surface area (Å²) >= 11 is 0. The van der Waals surface area contributed by atoms with Crippen LogP contribution in [0.2, 0.25) is 0 Å². The average Bonchev–Trinajstić information content (AvgIpc) is 2.33. The van der Waals surface area contributed by atoms with E-state index in [1.54, 1.807) is 0 Å². The van der Waals surface area contributed by atoms with Crippen molar-refractivity contribution in [2.75, 3.05) is 13.2 Å². The van der Waals surface area contributed by atoms with Gasteiger partial charge in [0.2, 0.25) is 0 Å². The number of unbranched alkanes of at least 4 members (excludes halogenated alkanes) is 1. The van der Waals surface area contributed by atoms with Crippen LogP contribution in [0.25, 0.3) is 0 Å². The minimum Gasteiger partial charge on any atom is -0.481 e. The standard InChI is InChI=1S/C14H19NO/c1-3-5-10-15-12-13-6-8-14(9-7-13)16-11-4-2/h2,6-9,15H,3,5,10-12H2,1H3. The molecular weight excluding hydrogens is 198 g/mol. The fourth-order valence-electron chi connectivity index (χ4n) is 1.36. The Morgan fingerprint density at radius 2 is 2.06 bits per heavy atom. The Morgan fingerprint density at radius 1 is 1.31 bits per heavy atom. The molecule has 0 radical (unpaired) electrons.